The minimum atomic E-state index is -1.47. The molecule has 174 valence electrons. The average molecular weight is 464 g/mol. The van der Waals surface area contributed by atoms with E-state index in [4.69, 9.17) is 4.74 Å². The third-order valence-corrected chi connectivity index (χ3v) is 7.68. The van der Waals surface area contributed by atoms with Gasteiger partial charge in [0.2, 0.25) is 0 Å². The standard InChI is InChI=1S/C30H25NO4/c1-3-35-24-15-9-7-13-22(24)26-27(18(2)32)31-23-14-8-4-10-19(23)16-17-25(31)30(26)28(33)20-11-5-6-12-21(20)29(30)34/h4-17,25-27H,3H2,1-2H3/t25?,26-,27-/m0/s1. The minimum Gasteiger partial charge on any atom is -0.494 e. The van der Waals surface area contributed by atoms with E-state index in [0.29, 0.717) is 29.0 Å². The Morgan fingerprint density at radius 1 is 0.914 bits per heavy atom. The van der Waals surface area contributed by atoms with E-state index >= 15 is 0 Å². The second kappa shape index (κ2) is 7.77. The number of nitrogens with zero attached hydrogens (tertiary/aromatic N) is 1. The molecule has 1 saturated heterocycles. The van der Waals surface area contributed by atoms with Crippen LogP contribution in [0.25, 0.3) is 6.08 Å². The van der Waals surface area contributed by atoms with E-state index in [2.05, 4.69) is 0 Å². The summed E-state index contributed by atoms with van der Waals surface area (Å²) in [7, 11) is 0. The highest BCUT2D eigenvalue weighted by molar-refractivity contribution is 6.32. The van der Waals surface area contributed by atoms with Crippen molar-refractivity contribution in [1.82, 2.24) is 0 Å². The Morgan fingerprint density at radius 2 is 1.54 bits per heavy atom. The molecule has 6 rings (SSSR count). The van der Waals surface area contributed by atoms with Gasteiger partial charge in [-0.3, -0.25) is 14.4 Å². The molecule has 0 N–H and O–H groups in total. The molecule has 35 heavy (non-hydrogen) atoms. The minimum absolute atomic E-state index is 0.0927. The van der Waals surface area contributed by atoms with E-state index in [1.165, 1.54) is 0 Å². The van der Waals surface area contributed by atoms with E-state index in [1.54, 1.807) is 31.2 Å². The van der Waals surface area contributed by atoms with Gasteiger partial charge in [0.1, 0.15) is 11.2 Å². The summed E-state index contributed by atoms with van der Waals surface area (Å²) < 4.78 is 5.98. The number of carbonyl (C=O) groups is 3. The summed E-state index contributed by atoms with van der Waals surface area (Å²) in [5, 5.41) is 0. The van der Waals surface area contributed by atoms with Gasteiger partial charge in [-0.2, -0.15) is 0 Å². The van der Waals surface area contributed by atoms with Crippen LogP contribution in [0, 0.1) is 5.41 Å². The van der Waals surface area contributed by atoms with Crippen molar-refractivity contribution < 1.29 is 19.1 Å². The number of ether oxygens (including phenoxy) is 1. The molecule has 3 aromatic rings. The number of Topliss-reactive ketones (excluding diaryl/α,β-unsaturated/α-hetero) is 3. The van der Waals surface area contributed by atoms with Crippen LogP contribution >= 0.6 is 0 Å². The summed E-state index contributed by atoms with van der Waals surface area (Å²) in [6.07, 6.45) is 3.90. The fraction of sp³-hybridized carbons (Fsp3) is 0.233. The predicted molar refractivity (Wildman–Crippen MR) is 134 cm³/mol. The van der Waals surface area contributed by atoms with Crippen LogP contribution in [0.15, 0.2) is 78.9 Å². The molecule has 5 nitrogen and oxygen atoms in total. The van der Waals surface area contributed by atoms with Crippen LogP contribution in [0.3, 0.4) is 0 Å². The summed E-state index contributed by atoms with van der Waals surface area (Å²) in [4.78, 5) is 44.2. The Bertz CT molecular complexity index is 1390. The highest BCUT2D eigenvalue weighted by Gasteiger charge is 2.71. The largest absolute Gasteiger partial charge is 0.494 e. The molecule has 0 bridgehead atoms. The van der Waals surface area contributed by atoms with Crippen molar-refractivity contribution in [3.8, 4) is 5.75 Å². The van der Waals surface area contributed by atoms with Gasteiger partial charge >= 0.3 is 0 Å². The Hall–Kier alpha value is -3.99. The number of hydrogen-bond acceptors (Lipinski definition) is 5. The van der Waals surface area contributed by atoms with Crippen LogP contribution in [0.2, 0.25) is 0 Å². The lowest BCUT2D eigenvalue weighted by molar-refractivity contribution is -0.118. The third kappa shape index (κ3) is 2.72. The van der Waals surface area contributed by atoms with Gasteiger partial charge in [-0.1, -0.05) is 72.8 Å². The number of ketones is 3. The molecule has 0 aromatic heterocycles. The maximum absolute atomic E-state index is 14.4. The van der Waals surface area contributed by atoms with Gasteiger partial charge in [-0.15, -0.1) is 0 Å². The SMILES string of the molecule is CCOc1ccccc1[C@H]1[C@H](C(C)=O)N2c3ccccc3C=CC2C12C(=O)c1ccccc1C2=O. The lowest BCUT2D eigenvalue weighted by atomic mass is 9.64. The highest BCUT2D eigenvalue weighted by atomic mass is 16.5. The normalized spacial score (nSPS) is 23.3. The van der Waals surface area contributed by atoms with Crippen LogP contribution in [-0.4, -0.2) is 36.0 Å². The Labute approximate surface area is 204 Å². The van der Waals surface area contributed by atoms with E-state index in [9.17, 15) is 14.4 Å². The van der Waals surface area contributed by atoms with Crippen molar-refractivity contribution in [2.45, 2.75) is 31.8 Å². The Morgan fingerprint density at radius 3 is 2.23 bits per heavy atom. The number of rotatable bonds is 4. The Kier molecular flexibility index (Phi) is 4.78. The number of anilines is 1. The molecule has 5 heteroatoms. The smallest absolute Gasteiger partial charge is 0.180 e. The number of fused-ring (bicyclic) bond motifs is 5. The molecule has 3 atom stereocenters. The summed E-state index contributed by atoms with van der Waals surface area (Å²) in [6.45, 7) is 3.88. The molecule has 0 saturated carbocycles. The first kappa shape index (κ1) is 21.5. The zero-order valence-corrected chi connectivity index (χ0v) is 19.6. The fourth-order valence-corrected chi connectivity index (χ4v) is 6.44. The first-order valence-corrected chi connectivity index (χ1v) is 12.0. The number of benzene rings is 3. The van der Waals surface area contributed by atoms with Crippen LogP contribution < -0.4 is 9.64 Å². The van der Waals surface area contributed by atoms with E-state index in [1.807, 2.05) is 72.5 Å². The number of carbonyl (C=O) groups excluding carboxylic acids is 3. The topological polar surface area (TPSA) is 63.7 Å². The van der Waals surface area contributed by atoms with Crippen LogP contribution in [0.5, 0.6) is 5.75 Å². The molecule has 2 aliphatic heterocycles. The molecule has 3 aromatic carbocycles. The first-order valence-electron chi connectivity index (χ1n) is 12.0. The van der Waals surface area contributed by atoms with Gasteiger partial charge in [0.25, 0.3) is 0 Å². The van der Waals surface area contributed by atoms with Gasteiger partial charge in [-0.05, 0) is 31.5 Å². The lowest BCUT2D eigenvalue weighted by Gasteiger charge is -2.37. The molecule has 0 amide bonds. The quantitative estimate of drug-likeness (QED) is 0.504. The van der Waals surface area contributed by atoms with Crippen LogP contribution in [-0.2, 0) is 4.79 Å². The lowest BCUT2D eigenvalue weighted by Crippen LogP contribution is -2.48. The maximum Gasteiger partial charge on any atom is 0.180 e. The number of para-hydroxylation sites is 2. The fourth-order valence-electron chi connectivity index (χ4n) is 6.44. The second-order valence-corrected chi connectivity index (χ2v) is 9.35. The summed E-state index contributed by atoms with van der Waals surface area (Å²) >= 11 is 0. The summed E-state index contributed by atoms with van der Waals surface area (Å²) in [6, 6.07) is 21.0. The molecule has 1 aliphatic carbocycles. The van der Waals surface area contributed by atoms with E-state index < -0.39 is 23.4 Å². The molecule has 2 heterocycles. The summed E-state index contributed by atoms with van der Waals surface area (Å²) in [5.41, 5.74) is 1.90. The zero-order chi connectivity index (χ0) is 24.3. The molecular weight excluding hydrogens is 438 g/mol. The van der Waals surface area contributed by atoms with Crippen molar-refractivity contribution >= 4 is 29.1 Å². The molecule has 1 unspecified atom stereocenters. The van der Waals surface area contributed by atoms with E-state index in [0.717, 1.165) is 11.3 Å². The van der Waals surface area contributed by atoms with Crippen LogP contribution in [0.4, 0.5) is 5.69 Å². The first-order chi connectivity index (χ1) is 17.0. The monoisotopic (exact) mass is 463 g/mol. The molecular formula is C30H25NO4. The van der Waals surface area contributed by atoms with Gasteiger partial charge in [0.05, 0.1) is 18.7 Å². The average Bonchev–Trinajstić information content (AvgIpc) is 3.31. The van der Waals surface area contributed by atoms with Crippen molar-refractivity contribution in [3.05, 3.63) is 101 Å². The molecule has 3 aliphatic rings. The van der Waals surface area contributed by atoms with Gasteiger partial charge in [0.15, 0.2) is 17.3 Å². The van der Waals surface area contributed by atoms with Gasteiger partial charge in [0, 0.05) is 28.3 Å². The number of hydrogen-bond donors (Lipinski definition) is 0. The maximum atomic E-state index is 14.4. The molecule has 0 radical (unpaired) electrons. The van der Waals surface area contributed by atoms with Crippen LogP contribution in [0.1, 0.15) is 51.6 Å². The van der Waals surface area contributed by atoms with E-state index in [-0.39, 0.29) is 17.3 Å². The molecule has 1 spiro atoms. The highest BCUT2D eigenvalue weighted by Crippen LogP contribution is 2.61. The van der Waals surface area contributed by atoms with Gasteiger partial charge in [-0.25, -0.2) is 0 Å². The third-order valence-electron chi connectivity index (χ3n) is 7.68. The van der Waals surface area contributed by atoms with Crippen molar-refractivity contribution in [1.29, 1.82) is 0 Å². The van der Waals surface area contributed by atoms with Crippen molar-refractivity contribution in [3.63, 3.8) is 0 Å². The Balaban J connectivity index is 1.69. The zero-order valence-electron chi connectivity index (χ0n) is 19.6. The summed E-state index contributed by atoms with van der Waals surface area (Å²) in [5.74, 6) is -0.658. The molecule has 1 fully saturated rings. The van der Waals surface area contributed by atoms with Crippen molar-refractivity contribution in [2.75, 3.05) is 11.5 Å². The second-order valence-electron chi connectivity index (χ2n) is 9.35. The predicted octanol–water partition coefficient (Wildman–Crippen LogP) is 5.11. The van der Waals surface area contributed by atoms with Crippen molar-refractivity contribution in [2.24, 2.45) is 5.41 Å². The van der Waals surface area contributed by atoms with Gasteiger partial charge < -0.3 is 9.64 Å².